The van der Waals surface area contributed by atoms with Gasteiger partial charge in [-0.15, -0.1) is 0 Å². The molecule has 0 aromatic rings. The Bertz CT molecular complexity index is 294. The van der Waals surface area contributed by atoms with Crippen molar-refractivity contribution < 1.29 is 14.7 Å². The number of aliphatic hydroxyl groups is 1. The number of rotatable bonds is 4. The Labute approximate surface area is 108 Å². The number of nitrogens with one attached hydrogen (secondary N) is 2. The third kappa shape index (κ3) is 5.97. The van der Waals surface area contributed by atoms with E-state index in [4.69, 9.17) is 0 Å². The van der Waals surface area contributed by atoms with E-state index in [1.807, 2.05) is 18.7 Å². The number of hydrogen-bond acceptors (Lipinski definition) is 4. The quantitative estimate of drug-likeness (QED) is 0.658. The van der Waals surface area contributed by atoms with Crippen molar-refractivity contribution in [1.82, 2.24) is 15.5 Å². The van der Waals surface area contributed by atoms with Crippen LogP contribution in [0.15, 0.2) is 0 Å². The standard InChI is InChI=1S/C12H23N3O3/c1-9(2)6-13-12(18)14-11(17)8-15-5-3-4-10(16)7-15/h9-10,16H,3-8H2,1-2H3,(H2,13,14,17,18)/t10-/m0/s1. The van der Waals surface area contributed by atoms with E-state index in [0.29, 0.717) is 19.0 Å². The zero-order chi connectivity index (χ0) is 13.5. The number of urea groups is 1. The molecule has 1 aliphatic heterocycles. The highest BCUT2D eigenvalue weighted by atomic mass is 16.3. The van der Waals surface area contributed by atoms with Crippen molar-refractivity contribution in [3.05, 3.63) is 0 Å². The van der Waals surface area contributed by atoms with E-state index < -0.39 is 6.03 Å². The van der Waals surface area contributed by atoms with Crippen LogP contribution in [0.4, 0.5) is 4.79 Å². The zero-order valence-corrected chi connectivity index (χ0v) is 11.1. The van der Waals surface area contributed by atoms with Crippen LogP contribution >= 0.6 is 0 Å². The molecule has 1 saturated heterocycles. The lowest BCUT2D eigenvalue weighted by molar-refractivity contribution is -0.121. The summed E-state index contributed by atoms with van der Waals surface area (Å²) >= 11 is 0. The molecule has 0 bridgehead atoms. The van der Waals surface area contributed by atoms with Gasteiger partial charge in [-0.05, 0) is 25.3 Å². The van der Waals surface area contributed by atoms with Gasteiger partial charge in [0.1, 0.15) is 0 Å². The fourth-order valence-corrected chi connectivity index (χ4v) is 1.89. The van der Waals surface area contributed by atoms with Gasteiger partial charge in [-0.25, -0.2) is 4.79 Å². The lowest BCUT2D eigenvalue weighted by Gasteiger charge is -2.29. The second-order valence-electron chi connectivity index (χ2n) is 5.18. The van der Waals surface area contributed by atoms with Crippen LogP contribution in [-0.4, -0.2) is 54.2 Å². The average Bonchev–Trinajstić information content (AvgIpc) is 2.26. The van der Waals surface area contributed by atoms with Crippen LogP contribution in [0.2, 0.25) is 0 Å². The molecule has 1 fully saturated rings. The third-order valence-corrected chi connectivity index (χ3v) is 2.77. The molecule has 1 rings (SSSR count). The highest BCUT2D eigenvalue weighted by molar-refractivity contribution is 5.95. The maximum absolute atomic E-state index is 11.6. The Balaban J connectivity index is 2.22. The van der Waals surface area contributed by atoms with E-state index in [1.54, 1.807) is 0 Å². The Morgan fingerprint density at radius 2 is 2.17 bits per heavy atom. The van der Waals surface area contributed by atoms with Gasteiger partial charge in [0, 0.05) is 13.1 Å². The summed E-state index contributed by atoms with van der Waals surface area (Å²) < 4.78 is 0. The van der Waals surface area contributed by atoms with Crippen molar-refractivity contribution >= 4 is 11.9 Å². The van der Waals surface area contributed by atoms with Crippen molar-refractivity contribution in [2.24, 2.45) is 5.92 Å². The summed E-state index contributed by atoms with van der Waals surface area (Å²) in [6.45, 7) is 5.96. The molecule has 0 aliphatic carbocycles. The van der Waals surface area contributed by atoms with Gasteiger partial charge in [-0.3, -0.25) is 15.0 Å². The molecule has 104 valence electrons. The molecule has 18 heavy (non-hydrogen) atoms. The van der Waals surface area contributed by atoms with Gasteiger partial charge >= 0.3 is 6.03 Å². The Kier molecular flexibility index (Phi) is 6.07. The minimum atomic E-state index is -0.453. The molecule has 6 heteroatoms. The van der Waals surface area contributed by atoms with E-state index in [2.05, 4.69) is 10.6 Å². The van der Waals surface area contributed by atoms with E-state index in [9.17, 15) is 14.7 Å². The summed E-state index contributed by atoms with van der Waals surface area (Å²) in [6.07, 6.45) is 1.31. The summed E-state index contributed by atoms with van der Waals surface area (Å²) in [4.78, 5) is 24.8. The van der Waals surface area contributed by atoms with Crippen molar-refractivity contribution in [2.45, 2.75) is 32.8 Å². The van der Waals surface area contributed by atoms with Crippen molar-refractivity contribution in [3.8, 4) is 0 Å². The number of β-amino-alcohol motifs (C(OH)–C–C–N with tert-alkyl or cyclic N) is 1. The first kappa shape index (κ1) is 14.9. The minimum absolute atomic E-state index is 0.159. The van der Waals surface area contributed by atoms with Crippen LogP contribution in [0.3, 0.4) is 0 Å². The van der Waals surface area contributed by atoms with Gasteiger partial charge in [0.05, 0.1) is 12.6 Å². The first-order valence-electron chi connectivity index (χ1n) is 6.45. The number of imide groups is 1. The summed E-state index contributed by atoms with van der Waals surface area (Å²) in [5.41, 5.74) is 0. The number of hydrogen-bond donors (Lipinski definition) is 3. The molecule has 6 nitrogen and oxygen atoms in total. The summed E-state index contributed by atoms with van der Waals surface area (Å²) in [7, 11) is 0. The SMILES string of the molecule is CC(C)CNC(=O)NC(=O)CN1CCC[C@H](O)C1. The second kappa shape index (κ2) is 7.33. The van der Waals surface area contributed by atoms with E-state index >= 15 is 0 Å². The summed E-state index contributed by atoms with van der Waals surface area (Å²) in [5, 5.41) is 14.4. The summed E-state index contributed by atoms with van der Waals surface area (Å²) in [5.74, 6) is 0.0217. The molecule has 0 aromatic heterocycles. The number of carbonyl (C=O) groups excluding carboxylic acids is 2. The number of piperidine rings is 1. The molecule has 0 radical (unpaired) electrons. The van der Waals surface area contributed by atoms with Gasteiger partial charge in [-0.2, -0.15) is 0 Å². The zero-order valence-electron chi connectivity index (χ0n) is 11.1. The van der Waals surface area contributed by atoms with Gasteiger partial charge < -0.3 is 10.4 Å². The maximum Gasteiger partial charge on any atom is 0.321 e. The fourth-order valence-electron chi connectivity index (χ4n) is 1.89. The highest BCUT2D eigenvalue weighted by Crippen LogP contribution is 2.08. The topological polar surface area (TPSA) is 81.7 Å². The predicted molar refractivity (Wildman–Crippen MR) is 68.1 cm³/mol. The molecule has 3 N–H and O–H groups in total. The first-order chi connectivity index (χ1) is 8.47. The van der Waals surface area contributed by atoms with Crippen LogP contribution in [0.5, 0.6) is 0 Å². The smallest absolute Gasteiger partial charge is 0.321 e. The Morgan fingerprint density at radius 1 is 1.44 bits per heavy atom. The highest BCUT2D eigenvalue weighted by Gasteiger charge is 2.20. The minimum Gasteiger partial charge on any atom is -0.392 e. The largest absolute Gasteiger partial charge is 0.392 e. The normalized spacial score (nSPS) is 20.8. The van der Waals surface area contributed by atoms with Gasteiger partial charge in [0.15, 0.2) is 0 Å². The fraction of sp³-hybridized carbons (Fsp3) is 0.833. The number of nitrogens with zero attached hydrogens (tertiary/aromatic N) is 1. The van der Waals surface area contributed by atoms with Gasteiger partial charge in [-0.1, -0.05) is 13.8 Å². The van der Waals surface area contributed by atoms with Crippen LogP contribution < -0.4 is 10.6 Å². The lowest BCUT2D eigenvalue weighted by atomic mass is 10.1. The van der Waals surface area contributed by atoms with E-state index in [0.717, 1.165) is 19.4 Å². The average molecular weight is 257 g/mol. The Morgan fingerprint density at radius 3 is 2.78 bits per heavy atom. The molecule has 1 aliphatic rings. The number of amides is 3. The molecular formula is C12H23N3O3. The number of aliphatic hydroxyl groups excluding tert-OH is 1. The lowest BCUT2D eigenvalue weighted by Crippen LogP contribution is -2.48. The molecule has 1 atom stereocenters. The van der Waals surface area contributed by atoms with Crippen LogP contribution in [0.25, 0.3) is 0 Å². The predicted octanol–water partition coefficient (Wildman–Crippen LogP) is -0.0751. The first-order valence-corrected chi connectivity index (χ1v) is 6.45. The van der Waals surface area contributed by atoms with E-state index in [1.165, 1.54) is 0 Å². The third-order valence-electron chi connectivity index (χ3n) is 2.77. The van der Waals surface area contributed by atoms with Crippen molar-refractivity contribution in [1.29, 1.82) is 0 Å². The monoisotopic (exact) mass is 257 g/mol. The van der Waals surface area contributed by atoms with Crippen molar-refractivity contribution in [2.75, 3.05) is 26.2 Å². The molecule has 0 aromatic carbocycles. The second-order valence-corrected chi connectivity index (χ2v) is 5.18. The summed E-state index contributed by atoms with van der Waals surface area (Å²) in [6, 6.07) is -0.453. The molecule has 0 saturated carbocycles. The van der Waals surface area contributed by atoms with Crippen molar-refractivity contribution in [3.63, 3.8) is 0 Å². The van der Waals surface area contributed by atoms with E-state index in [-0.39, 0.29) is 18.6 Å². The molecular weight excluding hydrogens is 234 g/mol. The maximum atomic E-state index is 11.6. The molecule has 3 amide bonds. The number of carbonyl (C=O) groups is 2. The molecule has 1 heterocycles. The molecule has 0 unspecified atom stereocenters. The van der Waals surface area contributed by atoms with Crippen LogP contribution in [-0.2, 0) is 4.79 Å². The molecule has 0 spiro atoms. The Hall–Kier alpha value is -1.14. The van der Waals surface area contributed by atoms with Gasteiger partial charge in [0.25, 0.3) is 0 Å². The van der Waals surface area contributed by atoms with Crippen LogP contribution in [0, 0.1) is 5.92 Å². The van der Waals surface area contributed by atoms with Crippen LogP contribution in [0.1, 0.15) is 26.7 Å². The van der Waals surface area contributed by atoms with Gasteiger partial charge in [0.2, 0.25) is 5.91 Å². The number of likely N-dealkylation sites (tertiary alicyclic amines) is 1.